The van der Waals surface area contributed by atoms with Crippen molar-refractivity contribution in [2.24, 2.45) is 5.73 Å². The molecule has 0 spiro atoms. The largest absolute Gasteiger partial charge is 0.507 e. The zero-order chi connectivity index (χ0) is 29.1. The van der Waals surface area contributed by atoms with Crippen LogP contribution in [-0.4, -0.2) is 71.1 Å². The molecule has 40 heavy (non-hydrogen) atoms. The lowest BCUT2D eigenvalue weighted by Crippen LogP contribution is -2.45. The molecule has 2 atom stereocenters. The van der Waals surface area contributed by atoms with E-state index in [-0.39, 0.29) is 47.2 Å². The number of nitrogens with one attached hydrogen (secondary N) is 2. The van der Waals surface area contributed by atoms with Gasteiger partial charge in [-0.3, -0.25) is 15.0 Å². The summed E-state index contributed by atoms with van der Waals surface area (Å²) in [4.78, 5) is 40.3. The summed E-state index contributed by atoms with van der Waals surface area (Å²) in [6.45, 7) is 3.64. The summed E-state index contributed by atoms with van der Waals surface area (Å²) in [6.07, 6.45) is -0.810. The van der Waals surface area contributed by atoms with Crippen molar-refractivity contribution in [3.8, 4) is 17.2 Å². The van der Waals surface area contributed by atoms with Gasteiger partial charge >= 0.3 is 5.97 Å². The van der Waals surface area contributed by atoms with Crippen LogP contribution in [0.2, 0.25) is 0 Å². The molecule has 208 valence electrons. The summed E-state index contributed by atoms with van der Waals surface area (Å²) in [5.41, 5.74) is 7.56. The normalized spacial score (nSPS) is 16.3. The summed E-state index contributed by atoms with van der Waals surface area (Å²) >= 11 is 0. The Bertz CT molecular complexity index is 1460. The topological polar surface area (TPSA) is 175 Å². The van der Waals surface area contributed by atoms with Crippen LogP contribution in [-0.2, 0) is 4.74 Å². The third-order valence-electron chi connectivity index (χ3n) is 6.77. The molecule has 1 saturated heterocycles. The van der Waals surface area contributed by atoms with Gasteiger partial charge in [-0.2, -0.15) is 0 Å². The molecular weight excluding hydrogens is 516 g/mol. The number of hydrogen-bond donors (Lipinski definition) is 5. The van der Waals surface area contributed by atoms with E-state index in [9.17, 15) is 24.6 Å². The van der Waals surface area contributed by atoms with Crippen LogP contribution < -0.4 is 15.8 Å². The molecule has 1 aliphatic rings. The number of benzene rings is 3. The fourth-order valence-electron chi connectivity index (χ4n) is 4.51. The molecule has 3 aromatic carbocycles. The van der Waals surface area contributed by atoms with Crippen LogP contribution in [0.1, 0.15) is 47.8 Å². The Morgan fingerprint density at radius 3 is 2.17 bits per heavy atom. The Kier molecular flexibility index (Phi) is 7.94. The maximum Gasteiger partial charge on any atom is 0.338 e. The van der Waals surface area contributed by atoms with Gasteiger partial charge in [-0.25, -0.2) is 4.79 Å². The van der Waals surface area contributed by atoms with Gasteiger partial charge in [0.05, 0.1) is 30.8 Å². The zero-order valence-electron chi connectivity index (χ0n) is 22.2. The highest BCUT2D eigenvalue weighted by Gasteiger charge is 2.38. The number of likely N-dealkylation sites (tertiary alicyclic amines) is 1. The van der Waals surface area contributed by atoms with Crippen molar-refractivity contribution in [2.75, 3.05) is 20.2 Å². The number of methoxy groups -OCH3 is 1. The number of aryl methyl sites for hydroxylation is 2. The quantitative estimate of drug-likeness (QED) is 0.129. The van der Waals surface area contributed by atoms with E-state index >= 15 is 0 Å². The number of rotatable bonds is 7. The van der Waals surface area contributed by atoms with E-state index in [0.717, 1.165) is 0 Å². The van der Waals surface area contributed by atoms with E-state index < -0.39 is 29.8 Å². The Hall–Kier alpha value is -5.06. The number of carbonyl (C=O) groups is 3. The number of phenols is 2. The SMILES string of the molecule is COc1ccc(O)c(C(=O)c2ccc(C(=O)OC3CN(C(=N)N)CC3NC(=O)c3cc(C)c(O)c(C)c3)cc2)c1. The number of nitrogens with zero attached hydrogens (tertiary/aromatic N) is 1. The standard InChI is InChI=1S/C29H30N4O7/c1-15-10-19(11-16(2)25(15)35)27(37)32-22-13-33(29(30)31)14-24(22)40-28(38)18-6-4-17(5-7-18)26(36)21-12-20(39-3)8-9-23(21)34/h4-12,22,24,34-35H,13-14H2,1-3H3,(H3,30,31)(H,32,37). The smallest absolute Gasteiger partial charge is 0.338 e. The number of ketones is 1. The van der Waals surface area contributed by atoms with Gasteiger partial charge in [0.1, 0.15) is 23.4 Å². The predicted molar refractivity (Wildman–Crippen MR) is 146 cm³/mol. The Morgan fingerprint density at radius 2 is 1.57 bits per heavy atom. The summed E-state index contributed by atoms with van der Waals surface area (Å²) < 4.78 is 10.8. The van der Waals surface area contributed by atoms with Gasteiger partial charge in [0.2, 0.25) is 0 Å². The number of phenolic OH excluding ortho intramolecular Hbond substituents is 2. The van der Waals surface area contributed by atoms with Gasteiger partial charge in [-0.15, -0.1) is 0 Å². The van der Waals surface area contributed by atoms with Crippen molar-refractivity contribution in [2.45, 2.75) is 26.0 Å². The van der Waals surface area contributed by atoms with Crippen LogP contribution in [0.15, 0.2) is 54.6 Å². The predicted octanol–water partition coefficient (Wildman–Crippen LogP) is 2.49. The van der Waals surface area contributed by atoms with Gasteiger partial charge < -0.3 is 35.6 Å². The molecule has 0 bridgehead atoms. The molecular formula is C29H30N4O7. The second-order valence-corrected chi connectivity index (χ2v) is 9.56. The van der Waals surface area contributed by atoms with Crippen LogP contribution in [0.25, 0.3) is 0 Å². The van der Waals surface area contributed by atoms with Gasteiger partial charge in [0.25, 0.3) is 5.91 Å². The lowest BCUT2D eigenvalue weighted by Gasteiger charge is -2.20. The molecule has 1 fully saturated rings. The van der Waals surface area contributed by atoms with E-state index in [1.165, 1.54) is 54.5 Å². The highest BCUT2D eigenvalue weighted by molar-refractivity contribution is 6.11. The monoisotopic (exact) mass is 546 g/mol. The number of ether oxygens (including phenoxy) is 2. The van der Waals surface area contributed by atoms with Gasteiger partial charge in [-0.05, 0) is 67.4 Å². The molecule has 11 heteroatoms. The minimum Gasteiger partial charge on any atom is -0.507 e. The van der Waals surface area contributed by atoms with E-state index in [2.05, 4.69) is 5.32 Å². The second-order valence-electron chi connectivity index (χ2n) is 9.56. The first kappa shape index (κ1) is 28.0. The Morgan fingerprint density at radius 1 is 0.950 bits per heavy atom. The first-order valence-electron chi connectivity index (χ1n) is 12.4. The van der Waals surface area contributed by atoms with Crippen molar-refractivity contribution in [1.29, 1.82) is 5.41 Å². The molecule has 2 unspecified atom stereocenters. The first-order valence-corrected chi connectivity index (χ1v) is 12.4. The molecule has 6 N–H and O–H groups in total. The van der Waals surface area contributed by atoms with Crippen molar-refractivity contribution in [1.82, 2.24) is 10.2 Å². The van der Waals surface area contributed by atoms with Crippen LogP contribution in [0.4, 0.5) is 0 Å². The minimum absolute atomic E-state index is 0.0579. The molecule has 0 aromatic heterocycles. The lowest BCUT2D eigenvalue weighted by molar-refractivity contribution is 0.0275. The second kappa shape index (κ2) is 11.4. The number of carbonyl (C=O) groups excluding carboxylic acids is 3. The molecule has 3 aromatic rings. The summed E-state index contributed by atoms with van der Waals surface area (Å²) in [7, 11) is 1.45. The maximum atomic E-state index is 13.0. The van der Waals surface area contributed by atoms with E-state index in [0.29, 0.717) is 22.4 Å². The molecule has 4 rings (SSSR count). The number of hydrogen-bond acceptors (Lipinski definition) is 8. The van der Waals surface area contributed by atoms with Crippen molar-refractivity contribution < 1.29 is 34.1 Å². The molecule has 0 saturated carbocycles. The van der Waals surface area contributed by atoms with E-state index in [1.54, 1.807) is 26.0 Å². The van der Waals surface area contributed by atoms with Crippen LogP contribution >= 0.6 is 0 Å². The minimum atomic E-state index is -0.810. The number of nitrogens with two attached hydrogens (primary N) is 1. The highest BCUT2D eigenvalue weighted by Crippen LogP contribution is 2.26. The number of amides is 1. The van der Waals surface area contributed by atoms with E-state index in [1.807, 2.05) is 0 Å². The maximum absolute atomic E-state index is 13.0. The summed E-state index contributed by atoms with van der Waals surface area (Å²) in [6, 6.07) is 12.5. The van der Waals surface area contributed by atoms with Gasteiger partial charge in [0, 0.05) is 17.7 Å². The Balaban J connectivity index is 1.48. The summed E-state index contributed by atoms with van der Waals surface area (Å²) in [5, 5.41) is 30.7. The molecule has 0 aliphatic carbocycles. The number of aromatic hydroxyl groups is 2. The fraction of sp³-hybridized carbons (Fsp3) is 0.241. The van der Waals surface area contributed by atoms with Crippen molar-refractivity contribution in [3.05, 3.63) is 88.0 Å². The zero-order valence-corrected chi connectivity index (χ0v) is 22.2. The first-order chi connectivity index (χ1) is 19.0. The molecule has 0 radical (unpaired) electrons. The average molecular weight is 547 g/mol. The van der Waals surface area contributed by atoms with Crippen molar-refractivity contribution >= 4 is 23.6 Å². The van der Waals surface area contributed by atoms with Crippen molar-refractivity contribution in [3.63, 3.8) is 0 Å². The third-order valence-corrected chi connectivity index (χ3v) is 6.77. The summed E-state index contributed by atoms with van der Waals surface area (Å²) in [5.74, 6) is -1.46. The van der Waals surface area contributed by atoms with Crippen LogP contribution in [0.5, 0.6) is 17.2 Å². The molecule has 1 heterocycles. The average Bonchev–Trinajstić information content (AvgIpc) is 3.33. The van der Waals surface area contributed by atoms with Crippen LogP contribution in [0.3, 0.4) is 0 Å². The Labute approximate surface area is 230 Å². The molecule has 1 amide bonds. The van der Waals surface area contributed by atoms with Gasteiger partial charge in [-0.1, -0.05) is 12.1 Å². The van der Waals surface area contributed by atoms with Crippen LogP contribution in [0, 0.1) is 19.3 Å². The third kappa shape index (κ3) is 5.83. The lowest BCUT2D eigenvalue weighted by atomic mass is 10.0. The van der Waals surface area contributed by atoms with Gasteiger partial charge in [0.15, 0.2) is 11.7 Å². The molecule has 11 nitrogen and oxygen atoms in total. The molecule has 1 aliphatic heterocycles. The fourth-order valence-corrected chi connectivity index (χ4v) is 4.51. The van der Waals surface area contributed by atoms with E-state index in [4.69, 9.17) is 20.6 Å². The number of esters is 1. The highest BCUT2D eigenvalue weighted by atomic mass is 16.5. The number of guanidine groups is 1.